The average Bonchev–Trinajstić information content (AvgIpc) is 3.47. The molecule has 42 heavy (non-hydrogen) atoms. The molecule has 8 heteroatoms. The summed E-state index contributed by atoms with van der Waals surface area (Å²) in [5.74, 6) is 1.71. The van der Waals surface area contributed by atoms with E-state index in [2.05, 4.69) is 48.2 Å². The van der Waals surface area contributed by atoms with E-state index in [1.54, 1.807) is 31.0 Å². The molecule has 0 saturated heterocycles. The molecule has 4 aromatic rings. The van der Waals surface area contributed by atoms with Gasteiger partial charge in [0, 0.05) is 30.7 Å². The van der Waals surface area contributed by atoms with Crippen LogP contribution < -0.4 is 15.2 Å². The van der Waals surface area contributed by atoms with Crippen molar-refractivity contribution >= 4 is 17.2 Å². The SMILES string of the molecule is CC.CCC(=O)C(N)C(C)C.CCC(=O)c1cc2nccc(-c3ccc(OC)c(OC)c3)n2n1.Cc1ccc(C)cc1. The number of ketones is 2. The second-order valence-electron chi connectivity index (χ2n) is 9.72. The second-order valence-corrected chi connectivity index (χ2v) is 9.72. The molecule has 0 radical (unpaired) electrons. The maximum atomic E-state index is 11.9. The van der Waals surface area contributed by atoms with Gasteiger partial charge < -0.3 is 15.2 Å². The van der Waals surface area contributed by atoms with E-state index >= 15 is 0 Å². The minimum Gasteiger partial charge on any atom is -0.493 e. The van der Waals surface area contributed by atoms with Gasteiger partial charge in [0.15, 0.2) is 22.9 Å². The molecule has 4 rings (SSSR count). The smallest absolute Gasteiger partial charge is 0.182 e. The Bertz CT molecular complexity index is 1370. The fourth-order valence-corrected chi connectivity index (χ4v) is 3.67. The van der Waals surface area contributed by atoms with Gasteiger partial charge in [0.05, 0.1) is 26.0 Å². The van der Waals surface area contributed by atoms with Gasteiger partial charge in [-0.3, -0.25) is 9.59 Å². The first-order valence-electron chi connectivity index (χ1n) is 14.5. The van der Waals surface area contributed by atoms with E-state index in [0.717, 1.165) is 11.3 Å². The number of carbonyl (C=O) groups is 2. The number of ether oxygens (including phenoxy) is 2. The largest absolute Gasteiger partial charge is 0.493 e. The summed E-state index contributed by atoms with van der Waals surface area (Å²) in [5, 5.41) is 4.39. The molecule has 0 spiro atoms. The summed E-state index contributed by atoms with van der Waals surface area (Å²) < 4.78 is 12.3. The van der Waals surface area contributed by atoms with Gasteiger partial charge in [-0.05, 0) is 44.0 Å². The Balaban J connectivity index is 0.000000382. The van der Waals surface area contributed by atoms with Gasteiger partial charge in [0.25, 0.3) is 0 Å². The fourth-order valence-electron chi connectivity index (χ4n) is 3.67. The van der Waals surface area contributed by atoms with Crippen LogP contribution in [0.5, 0.6) is 11.5 Å². The minimum atomic E-state index is -0.255. The monoisotopic (exact) mass is 576 g/mol. The molecule has 0 aliphatic heterocycles. The molecule has 0 aliphatic rings. The number of carbonyl (C=O) groups excluding carboxylic acids is 2. The molecule has 2 heterocycles. The first-order chi connectivity index (χ1) is 20.1. The van der Waals surface area contributed by atoms with Crippen LogP contribution in [-0.2, 0) is 4.79 Å². The Morgan fingerprint density at radius 1 is 0.857 bits per heavy atom. The third-order valence-electron chi connectivity index (χ3n) is 6.30. The van der Waals surface area contributed by atoms with Crippen LogP contribution in [0.15, 0.2) is 60.8 Å². The molecule has 2 N–H and O–H groups in total. The van der Waals surface area contributed by atoms with Crippen LogP contribution in [0.25, 0.3) is 16.9 Å². The lowest BCUT2D eigenvalue weighted by Crippen LogP contribution is -2.34. The standard InChI is InChI=1S/C17H17N3O3.C8H10.C7H15NO.C2H6/c1-4-14(21)12-10-17-18-8-7-13(20(17)19-12)11-5-6-15(22-2)16(9-11)23-3;1-7-3-5-8(2)6-4-7;1-4-6(9)7(8)5(2)3;1-2/h5-10H,4H2,1-3H3;3-6H,1-2H3;5,7H,4,8H2,1-3H3;1-2H3. The van der Waals surface area contributed by atoms with Gasteiger partial charge in [-0.25, -0.2) is 9.50 Å². The van der Waals surface area contributed by atoms with Gasteiger partial charge >= 0.3 is 0 Å². The van der Waals surface area contributed by atoms with Crippen molar-refractivity contribution in [3.05, 3.63) is 77.6 Å². The summed E-state index contributed by atoms with van der Waals surface area (Å²) in [4.78, 5) is 27.0. The molecule has 2 aromatic heterocycles. The molecule has 8 nitrogen and oxygen atoms in total. The number of methoxy groups -OCH3 is 2. The molecule has 0 amide bonds. The Hall–Kier alpha value is -4.04. The fraction of sp³-hybridized carbons (Fsp3) is 0.412. The van der Waals surface area contributed by atoms with Gasteiger partial charge in [0.1, 0.15) is 11.5 Å². The molecule has 2 aromatic carbocycles. The summed E-state index contributed by atoms with van der Waals surface area (Å²) in [7, 11) is 3.19. The van der Waals surface area contributed by atoms with E-state index in [1.807, 2.05) is 65.8 Å². The summed E-state index contributed by atoms with van der Waals surface area (Å²) in [6.45, 7) is 15.8. The lowest BCUT2D eigenvalue weighted by atomic mass is 10.00. The van der Waals surface area contributed by atoms with Crippen molar-refractivity contribution in [2.75, 3.05) is 14.2 Å². The summed E-state index contributed by atoms with van der Waals surface area (Å²) in [5.41, 5.74) is 11.0. The quantitative estimate of drug-likeness (QED) is 0.219. The van der Waals surface area contributed by atoms with Crippen LogP contribution in [0.3, 0.4) is 0 Å². The van der Waals surface area contributed by atoms with Crippen LogP contribution in [0.4, 0.5) is 0 Å². The maximum Gasteiger partial charge on any atom is 0.182 e. The normalized spacial score (nSPS) is 10.8. The van der Waals surface area contributed by atoms with Gasteiger partial charge in [-0.1, -0.05) is 76.9 Å². The number of Topliss-reactive ketones (excluding diaryl/α,β-unsaturated/α-hetero) is 2. The Labute approximate surface area is 251 Å². The van der Waals surface area contributed by atoms with Gasteiger partial charge in [0.2, 0.25) is 0 Å². The number of fused-ring (bicyclic) bond motifs is 1. The molecular weight excluding hydrogens is 528 g/mol. The lowest BCUT2D eigenvalue weighted by Gasteiger charge is -2.11. The molecule has 228 valence electrons. The molecule has 0 aliphatic carbocycles. The third-order valence-corrected chi connectivity index (χ3v) is 6.30. The predicted molar refractivity (Wildman–Crippen MR) is 172 cm³/mol. The van der Waals surface area contributed by atoms with Crippen LogP contribution >= 0.6 is 0 Å². The van der Waals surface area contributed by atoms with E-state index in [9.17, 15) is 9.59 Å². The summed E-state index contributed by atoms with van der Waals surface area (Å²) >= 11 is 0. The zero-order valence-electron chi connectivity index (χ0n) is 26.9. The van der Waals surface area contributed by atoms with Crippen molar-refractivity contribution in [2.24, 2.45) is 11.7 Å². The van der Waals surface area contributed by atoms with E-state index in [-0.39, 0.29) is 23.5 Å². The molecule has 1 unspecified atom stereocenters. The molecule has 0 bridgehead atoms. The van der Waals surface area contributed by atoms with Crippen LogP contribution in [0.2, 0.25) is 0 Å². The highest BCUT2D eigenvalue weighted by atomic mass is 16.5. The predicted octanol–water partition coefficient (Wildman–Crippen LogP) is 7.28. The topological polar surface area (TPSA) is 109 Å². The van der Waals surface area contributed by atoms with Crippen molar-refractivity contribution in [1.29, 1.82) is 0 Å². The highest BCUT2D eigenvalue weighted by Gasteiger charge is 2.15. The van der Waals surface area contributed by atoms with E-state index in [1.165, 1.54) is 11.1 Å². The lowest BCUT2D eigenvalue weighted by molar-refractivity contribution is -0.120. The van der Waals surface area contributed by atoms with E-state index in [0.29, 0.717) is 35.7 Å². The number of hydrogen-bond acceptors (Lipinski definition) is 7. The van der Waals surface area contributed by atoms with E-state index < -0.39 is 0 Å². The molecule has 1 atom stereocenters. The number of benzene rings is 2. The maximum absolute atomic E-state index is 11.9. The highest BCUT2D eigenvalue weighted by molar-refractivity contribution is 5.95. The number of nitrogens with two attached hydrogens (primary N) is 1. The first-order valence-corrected chi connectivity index (χ1v) is 14.5. The zero-order valence-corrected chi connectivity index (χ0v) is 26.9. The van der Waals surface area contributed by atoms with Gasteiger partial charge in [-0.15, -0.1) is 0 Å². The minimum absolute atomic E-state index is 0.00578. The van der Waals surface area contributed by atoms with Crippen molar-refractivity contribution < 1.29 is 19.1 Å². The van der Waals surface area contributed by atoms with Crippen molar-refractivity contribution in [3.63, 3.8) is 0 Å². The number of hydrogen-bond donors (Lipinski definition) is 1. The summed E-state index contributed by atoms with van der Waals surface area (Å²) in [6, 6.07) is 17.4. The van der Waals surface area contributed by atoms with Crippen LogP contribution in [-0.4, -0.2) is 46.4 Å². The van der Waals surface area contributed by atoms with Crippen molar-refractivity contribution in [3.8, 4) is 22.8 Å². The number of nitrogens with zero attached hydrogens (tertiary/aromatic N) is 3. The van der Waals surface area contributed by atoms with Crippen LogP contribution in [0.1, 0.15) is 76.0 Å². The molecular formula is C34H48N4O4. The van der Waals surface area contributed by atoms with Crippen LogP contribution in [0, 0.1) is 19.8 Å². The first kappa shape index (κ1) is 36.0. The Kier molecular flexibility index (Phi) is 15.8. The molecule has 0 saturated carbocycles. The number of aryl methyl sites for hydroxylation is 2. The highest BCUT2D eigenvalue weighted by Crippen LogP contribution is 2.32. The average molecular weight is 577 g/mol. The third kappa shape index (κ3) is 10.4. The Morgan fingerprint density at radius 3 is 1.88 bits per heavy atom. The Morgan fingerprint density at radius 2 is 1.43 bits per heavy atom. The number of aromatic nitrogens is 3. The number of rotatable bonds is 8. The second kappa shape index (κ2) is 18.4. The molecule has 0 fully saturated rings. The zero-order chi connectivity index (χ0) is 31.8. The summed E-state index contributed by atoms with van der Waals surface area (Å²) in [6.07, 6.45) is 2.66. The van der Waals surface area contributed by atoms with Crippen molar-refractivity contribution in [1.82, 2.24) is 14.6 Å². The van der Waals surface area contributed by atoms with E-state index in [4.69, 9.17) is 15.2 Å². The van der Waals surface area contributed by atoms with Crippen molar-refractivity contribution in [2.45, 2.75) is 74.3 Å². The van der Waals surface area contributed by atoms with Gasteiger partial charge in [-0.2, -0.15) is 5.10 Å².